The van der Waals surface area contributed by atoms with Crippen molar-refractivity contribution in [3.8, 4) is 12.3 Å². The van der Waals surface area contributed by atoms with Crippen LogP contribution in [0.3, 0.4) is 0 Å². The molecule has 0 aliphatic carbocycles. The van der Waals surface area contributed by atoms with Crippen LogP contribution in [0.2, 0.25) is 0 Å². The number of hydrogen-bond donors (Lipinski definition) is 1. The first-order valence-electron chi connectivity index (χ1n) is 4.22. The molecule has 0 aromatic rings. The number of carbonyl (C=O) groups is 1. The van der Waals surface area contributed by atoms with Gasteiger partial charge in [-0.25, -0.2) is 19.4 Å². The predicted octanol–water partition coefficient (Wildman–Crippen LogP) is -0.0223. The lowest BCUT2D eigenvalue weighted by atomic mass is 10.7. The molecule has 1 fully saturated rings. The van der Waals surface area contributed by atoms with Gasteiger partial charge in [-0.1, -0.05) is 5.92 Å². The third-order valence-electron chi connectivity index (χ3n) is 1.47. The topological polar surface area (TPSA) is 117 Å². The van der Waals surface area contributed by atoms with Crippen molar-refractivity contribution in [2.45, 2.75) is 6.29 Å². The van der Waals surface area contributed by atoms with Gasteiger partial charge in [0.25, 0.3) is 0 Å². The van der Waals surface area contributed by atoms with E-state index in [-0.39, 0.29) is 6.61 Å². The predicted molar refractivity (Wildman–Crippen MR) is 55.0 cm³/mol. The van der Waals surface area contributed by atoms with E-state index in [1.165, 1.54) is 0 Å². The lowest BCUT2D eigenvalue weighted by Crippen LogP contribution is -2.37. The number of terminal acetylenes is 1. The van der Waals surface area contributed by atoms with Gasteiger partial charge in [-0.2, -0.15) is 4.21 Å². The van der Waals surface area contributed by atoms with Crippen LogP contribution in [-0.2, 0) is 33.6 Å². The van der Waals surface area contributed by atoms with Gasteiger partial charge in [-0.05, 0) is 0 Å². The van der Waals surface area contributed by atoms with Crippen LogP contribution in [0.15, 0.2) is 0 Å². The second-order valence-electron chi connectivity index (χ2n) is 2.67. The van der Waals surface area contributed by atoms with Gasteiger partial charge < -0.3 is 4.74 Å². The maximum atomic E-state index is 13.3. The summed E-state index contributed by atoms with van der Waals surface area (Å²) in [5.74, 6) is 6.75. The van der Waals surface area contributed by atoms with Gasteiger partial charge >= 0.3 is 25.3 Å². The van der Waals surface area contributed by atoms with Crippen molar-refractivity contribution >= 4 is 25.3 Å². The number of rotatable bonds is 4. The average molecular weight is 302 g/mol. The fraction of sp³-hybridized carbons (Fsp3) is 0.500. The molecule has 18 heavy (non-hydrogen) atoms. The van der Waals surface area contributed by atoms with Crippen molar-refractivity contribution in [1.82, 2.24) is 4.78 Å². The number of nitrogens with two attached hydrogens (primary N) is 1. The molecule has 3 unspecified atom stereocenters. The maximum Gasteiger partial charge on any atom is 0.493 e. The molecule has 1 rings (SSSR count). The van der Waals surface area contributed by atoms with E-state index in [2.05, 4.69) is 17.6 Å². The van der Waals surface area contributed by atoms with E-state index >= 15 is 0 Å². The number of halogens is 1. The third kappa shape index (κ3) is 4.02. The molecule has 1 saturated heterocycles. The zero-order chi connectivity index (χ0) is 13.8. The first kappa shape index (κ1) is 15.0. The highest BCUT2D eigenvalue weighted by Crippen LogP contribution is 2.50. The minimum Gasteiger partial charge on any atom is -0.414 e. The number of amides is 1. The third-order valence-corrected chi connectivity index (χ3v) is 3.30. The molecule has 1 aliphatic heterocycles. The Kier molecular flexibility index (Phi) is 5.21. The SMILES string of the molecule is C#CCOP(=O)(F)N(N)C(=O)OC1COS(=O)O1. The molecule has 0 aromatic heterocycles. The molecule has 3 atom stereocenters. The van der Waals surface area contributed by atoms with Gasteiger partial charge in [0.1, 0.15) is 13.2 Å². The van der Waals surface area contributed by atoms with Gasteiger partial charge in [0, 0.05) is 0 Å². The molecular weight excluding hydrogens is 294 g/mol. The molecule has 0 spiro atoms. The summed E-state index contributed by atoms with van der Waals surface area (Å²) in [4.78, 5) is 11.2. The van der Waals surface area contributed by atoms with Gasteiger partial charge in [0.2, 0.25) is 6.29 Å². The lowest BCUT2D eigenvalue weighted by molar-refractivity contribution is -0.0254. The average Bonchev–Trinajstić information content (AvgIpc) is 2.71. The second-order valence-corrected chi connectivity index (χ2v) is 5.10. The number of carbonyl (C=O) groups excluding carboxylic acids is 1. The second kappa shape index (κ2) is 6.24. The Labute approximate surface area is 104 Å². The summed E-state index contributed by atoms with van der Waals surface area (Å²) in [6, 6.07) is 0. The molecule has 0 saturated carbocycles. The molecule has 0 aromatic carbocycles. The maximum absolute atomic E-state index is 13.3. The van der Waals surface area contributed by atoms with E-state index in [0.717, 1.165) is 0 Å². The first-order valence-corrected chi connectivity index (χ1v) is 6.69. The number of hydrazine groups is 1. The van der Waals surface area contributed by atoms with Crippen LogP contribution in [0, 0.1) is 12.3 Å². The van der Waals surface area contributed by atoms with Crippen LogP contribution in [0.5, 0.6) is 0 Å². The monoisotopic (exact) mass is 302 g/mol. The van der Waals surface area contributed by atoms with E-state index in [4.69, 9.17) is 12.3 Å². The highest BCUT2D eigenvalue weighted by atomic mass is 32.2. The number of nitrogens with zero attached hydrogens (tertiary/aromatic N) is 1. The molecular formula is C6H8FN2O7PS. The summed E-state index contributed by atoms with van der Waals surface area (Å²) in [5.41, 5.74) is 0. The van der Waals surface area contributed by atoms with Crippen molar-refractivity contribution in [1.29, 1.82) is 0 Å². The van der Waals surface area contributed by atoms with E-state index in [1.807, 2.05) is 5.92 Å². The van der Waals surface area contributed by atoms with Gasteiger partial charge in [0.05, 0.1) is 0 Å². The quantitative estimate of drug-likeness (QED) is 0.253. The van der Waals surface area contributed by atoms with Crippen LogP contribution in [0.1, 0.15) is 0 Å². The van der Waals surface area contributed by atoms with Gasteiger partial charge in [-0.3, -0.25) is 8.71 Å². The standard InChI is InChI=1S/C6H8FN2O7PS/c1-2-3-13-17(7,11)9(8)6(10)15-5-4-14-18(12)16-5/h1,5H,3-4,8H2. The molecule has 0 bridgehead atoms. The fourth-order valence-electron chi connectivity index (χ4n) is 0.751. The largest absolute Gasteiger partial charge is 0.493 e. The Bertz CT molecular complexity index is 440. The van der Waals surface area contributed by atoms with Crippen molar-refractivity contribution in [3.63, 3.8) is 0 Å². The van der Waals surface area contributed by atoms with Crippen molar-refractivity contribution in [2.24, 2.45) is 5.84 Å². The summed E-state index contributed by atoms with van der Waals surface area (Å²) in [6.07, 6.45) is 1.85. The zero-order valence-electron chi connectivity index (χ0n) is 8.68. The summed E-state index contributed by atoms with van der Waals surface area (Å²) in [6.45, 7) is -0.990. The number of hydrogen-bond acceptors (Lipinski definition) is 8. The Morgan fingerprint density at radius 3 is 2.94 bits per heavy atom. The lowest BCUT2D eigenvalue weighted by Gasteiger charge is -2.19. The summed E-state index contributed by atoms with van der Waals surface area (Å²) < 4.78 is 51.9. The Hall–Kier alpha value is -1.02. The summed E-state index contributed by atoms with van der Waals surface area (Å²) in [7, 11) is -5.11. The normalized spacial score (nSPS) is 26.1. The van der Waals surface area contributed by atoms with Gasteiger partial charge in [0.15, 0.2) is 0 Å². The molecule has 1 amide bonds. The Balaban J connectivity index is 2.53. The highest BCUT2D eigenvalue weighted by Gasteiger charge is 2.38. The number of ether oxygens (including phenoxy) is 1. The van der Waals surface area contributed by atoms with Crippen molar-refractivity contribution < 1.29 is 35.4 Å². The van der Waals surface area contributed by atoms with Crippen LogP contribution in [0.25, 0.3) is 0 Å². The Morgan fingerprint density at radius 2 is 2.44 bits per heavy atom. The Morgan fingerprint density at radius 1 is 1.78 bits per heavy atom. The summed E-state index contributed by atoms with van der Waals surface area (Å²) in [5, 5.41) is 0. The fourth-order valence-corrected chi connectivity index (χ4v) is 1.90. The molecule has 2 N–H and O–H groups in total. The van der Waals surface area contributed by atoms with E-state index in [1.54, 1.807) is 0 Å². The van der Waals surface area contributed by atoms with E-state index < -0.39 is 43.0 Å². The van der Waals surface area contributed by atoms with E-state index in [0.29, 0.717) is 0 Å². The minimum atomic E-state index is -5.11. The van der Waals surface area contributed by atoms with Crippen LogP contribution < -0.4 is 5.84 Å². The highest BCUT2D eigenvalue weighted by molar-refractivity contribution is 7.75. The molecule has 12 heteroatoms. The molecule has 102 valence electrons. The minimum absolute atomic E-state index is 0.339. The van der Waals surface area contributed by atoms with Gasteiger partial charge in [-0.15, -0.1) is 15.4 Å². The van der Waals surface area contributed by atoms with Crippen molar-refractivity contribution in [2.75, 3.05) is 13.2 Å². The van der Waals surface area contributed by atoms with Crippen LogP contribution in [-0.4, -0.2) is 34.6 Å². The van der Waals surface area contributed by atoms with E-state index in [9.17, 15) is 17.8 Å². The van der Waals surface area contributed by atoms with Crippen molar-refractivity contribution in [3.05, 3.63) is 0 Å². The summed E-state index contributed by atoms with van der Waals surface area (Å²) >= 11 is -2.07. The molecule has 9 nitrogen and oxygen atoms in total. The van der Waals surface area contributed by atoms with Crippen LogP contribution >= 0.6 is 7.83 Å². The van der Waals surface area contributed by atoms with Crippen LogP contribution in [0.4, 0.5) is 8.99 Å². The zero-order valence-corrected chi connectivity index (χ0v) is 10.4. The first-order chi connectivity index (χ1) is 8.36. The molecule has 1 heterocycles. The molecule has 0 radical (unpaired) electrons. The molecule has 1 aliphatic rings. The smallest absolute Gasteiger partial charge is 0.414 e.